The lowest BCUT2D eigenvalue weighted by molar-refractivity contribution is -0.142. The first kappa shape index (κ1) is 70.4. The molecule has 3 aliphatic rings. The maximum Gasteiger partial charge on any atom is 0.326 e. The van der Waals surface area contributed by atoms with Crippen LogP contribution in [0.1, 0.15) is 115 Å². The number of piperidine rings is 1. The molecule has 3 fully saturated rings. The average Bonchev–Trinajstić information content (AvgIpc) is 2.32. The molecule has 29 heteroatoms. The second-order valence-corrected chi connectivity index (χ2v) is 22.8. The number of hydrogen-bond donors (Lipinski definition) is 10. The molecule has 3 amide bonds. The fourth-order valence-electron chi connectivity index (χ4n) is 11.0. The van der Waals surface area contributed by atoms with Gasteiger partial charge in [0.05, 0.1) is 32.2 Å². The van der Waals surface area contributed by atoms with Crippen molar-refractivity contribution in [1.29, 1.82) is 0 Å². The van der Waals surface area contributed by atoms with Gasteiger partial charge in [-0.05, 0) is 88.4 Å². The summed E-state index contributed by atoms with van der Waals surface area (Å²) in [6.07, 6.45) is 13.4. The minimum absolute atomic E-state index is 0.0573. The number of carboxylic acid groups (broad SMARTS) is 6. The number of piperazine rings is 1. The van der Waals surface area contributed by atoms with Gasteiger partial charge in [0.15, 0.2) is 0 Å². The number of carbonyl (C=O) groups is 9. The molecule has 10 N–H and O–H groups in total. The highest BCUT2D eigenvalue weighted by Crippen LogP contribution is 2.25. The van der Waals surface area contributed by atoms with E-state index in [4.69, 9.17) is 20.1 Å². The summed E-state index contributed by atoms with van der Waals surface area (Å²) in [5, 5.41) is 68.3. The zero-order valence-corrected chi connectivity index (χ0v) is 50.1. The SMILES string of the molecule is O=C[C@H](CCC(=O)O)NC(=O)N[C@@H](CCCCNC(=O)CCCCCCCCCCN1CCN(c2nc(Nc3ccc(CC4CN(CC(=O)O)CCN(CC(=O)O)CCN(CC(=O)O)CCN4CC(=O)O)cc3)nc(N3CCCCC3)n2)CC1)C(=O)O. The smallest absolute Gasteiger partial charge is 0.326 e. The second kappa shape index (κ2) is 38.7. The number of urea groups is 1. The molecule has 484 valence electrons. The number of anilines is 4. The molecule has 3 saturated heterocycles. The van der Waals surface area contributed by atoms with Crippen LogP contribution in [0.4, 0.5) is 28.3 Å². The highest BCUT2D eigenvalue weighted by molar-refractivity contribution is 5.84. The molecule has 87 heavy (non-hydrogen) atoms. The molecule has 1 aromatic carbocycles. The fraction of sp³-hybridized carbons (Fsp3) is 0.690. The molecule has 1 unspecified atom stereocenters. The van der Waals surface area contributed by atoms with E-state index in [1.165, 1.54) is 0 Å². The van der Waals surface area contributed by atoms with E-state index < -0.39 is 60.0 Å². The number of aliphatic carboxylic acids is 6. The topological polar surface area (TPSA) is 384 Å². The number of nitrogens with zero attached hydrogens (tertiary/aromatic N) is 10. The van der Waals surface area contributed by atoms with Crippen molar-refractivity contribution in [3.63, 3.8) is 0 Å². The Morgan fingerprint density at radius 3 is 1.64 bits per heavy atom. The Morgan fingerprint density at radius 2 is 1.07 bits per heavy atom. The van der Waals surface area contributed by atoms with E-state index in [0.717, 1.165) is 122 Å². The van der Waals surface area contributed by atoms with Crippen molar-refractivity contribution < 1.29 is 73.8 Å². The summed E-state index contributed by atoms with van der Waals surface area (Å²) in [4.78, 5) is 135. The van der Waals surface area contributed by atoms with Gasteiger partial charge in [0.2, 0.25) is 23.8 Å². The van der Waals surface area contributed by atoms with Gasteiger partial charge < -0.3 is 66.5 Å². The summed E-state index contributed by atoms with van der Waals surface area (Å²) >= 11 is 0. The number of aldehydes is 1. The number of benzene rings is 1. The number of unbranched alkanes of at least 4 members (excludes halogenated alkanes) is 8. The van der Waals surface area contributed by atoms with Crippen LogP contribution >= 0.6 is 0 Å². The number of carbonyl (C=O) groups excluding carboxylic acids is 3. The standard InChI is InChI=1S/C58H92N14O15/c73-42-45(20-21-49(75)76)61-58(87)62-47(54(85)86)14-9-10-22-59-48(74)15-8-5-3-1-2-4-6-11-23-66-30-33-71(34-31-66)57-64-55(63-56(65-57)70-24-12-7-13-25-70)60-44-18-16-43(17-19-44)36-46-37-69(40-52(81)82)29-28-67(38-50(77)78)26-27-68(39-51(79)80)32-35-72(46)41-53(83)84/h16-19,42,45-47H,1-15,20-41H2,(H,59,74)(H,75,76)(H,77,78)(H,79,80)(H,81,82)(H,83,84)(H,85,86)(H2,61,62,87)(H,60,63,64,65)/t45-,46?,47-/m0/s1. The molecule has 1 aromatic heterocycles. The average molecular weight is 1230 g/mol. The molecular formula is C58H92N14O15. The van der Waals surface area contributed by atoms with E-state index in [1.54, 1.807) is 19.6 Å². The van der Waals surface area contributed by atoms with Crippen molar-refractivity contribution in [2.75, 3.05) is 139 Å². The van der Waals surface area contributed by atoms with Crippen LogP contribution in [-0.4, -0.2) is 267 Å². The predicted molar refractivity (Wildman–Crippen MR) is 321 cm³/mol. The van der Waals surface area contributed by atoms with Gasteiger partial charge in [0, 0.05) is 116 Å². The predicted octanol–water partition coefficient (Wildman–Crippen LogP) is 2.18. The van der Waals surface area contributed by atoms with Crippen LogP contribution in [-0.2, 0) is 44.8 Å². The van der Waals surface area contributed by atoms with E-state index in [0.29, 0.717) is 62.0 Å². The first-order valence-corrected chi connectivity index (χ1v) is 30.7. The third-order valence-corrected chi connectivity index (χ3v) is 15.8. The van der Waals surface area contributed by atoms with Gasteiger partial charge in [-0.1, -0.05) is 50.7 Å². The third kappa shape index (κ3) is 28.4. The van der Waals surface area contributed by atoms with Crippen molar-refractivity contribution in [3.05, 3.63) is 29.8 Å². The highest BCUT2D eigenvalue weighted by Gasteiger charge is 2.29. The molecule has 3 aliphatic heterocycles. The first-order chi connectivity index (χ1) is 41.8. The second-order valence-electron chi connectivity index (χ2n) is 22.8. The van der Waals surface area contributed by atoms with Crippen molar-refractivity contribution >= 4 is 77.6 Å². The lowest BCUT2D eigenvalue weighted by Crippen LogP contribution is -2.53. The summed E-state index contributed by atoms with van der Waals surface area (Å²) < 4.78 is 0. The Balaban J connectivity index is 1.04. The molecule has 5 rings (SSSR count). The van der Waals surface area contributed by atoms with E-state index in [1.807, 2.05) is 24.3 Å². The number of aromatic nitrogens is 3. The van der Waals surface area contributed by atoms with Crippen LogP contribution in [0.25, 0.3) is 0 Å². The molecule has 0 spiro atoms. The zero-order valence-electron chi connectivity index (χ0n) is 50.1. The summed E-state index contributed by atoms with van der Waals surface area (Å²) in [5.74, 6) is -5.08. The maximum atomic E-state index is 12.4. The summed E-state index contributed by atoms with van der Waals surface area (Å²) in [6, 6.07) is 3.98. The molecule has 4 heterocycles. The van der Waals surface area contributed by atoms with Crippen molar-refractivity contribution in [2.24, 2.45) is 0 Å². The minimum Gasteiger partial charge on any atom is -0.481 e. The lowest BCUT2D eigenvalue weighted by atomic mass is 10.0. The van der Waals surface area contributed by atoms with E-state index in [9.17, 15) is 68.7 Å². The van der Waals surface area contributed by atoms with Crippen LogP contribution in [0.5, 0.6) is 0 Å². The van der Waals surface area contributed by atoms with Gasteiger partial charge in [-0.3, -0.25) is 53.3 Å². The number of amides is 3. The van der Waals surface area contributed by atoms with Crippen LogP contribution in [0.15, 0.2) is 24.3 Å². The number of carboxylic acids is 6. The molecular weight excluding hydrogens is 1130 g/mol. The van der Waals surface area contributed by atoms with Crippen molar-refractivity contribution in [2.45, 2.75) is 134 Å². The van der Waals surface area contributed by atoms with Crippen LogP contribution in [0.2, 0.25) is 0 Å². The van der Waals surface area contributed by atoms with Crippen molar-refractivity contribution in [1.82, 2.24) is 55.4 Å². The Hall–Kier alpha value is -7.34. The van der Waals surface area contributed by atoms with Crippen molar-refractivity contribution in [3.8, 4) is 0 Å². The molecule has 2 aromatic rings. The minimum atomic E-state index is -1.24. The lowest BCUT2D eigenvalue weighted by Gasteiger charge is -2.37. The quantitative estimate of drug-likeness (QED) is 0.0342. The van der Waals surface area contributed by atoms with E-state index in [-0.39, 0.29) is 97.2 Å². The largest absolute Gasteiger partial charge is 0.481 e. The monoisotopic (exact) mass is 1220 g/mol. The molecule has 29 nitrogen and oxygen atoms in total. The molecule has 3 atom stereocenters. The fourth-order valence-corrected chi connectivity index (χ4v) is 11.0. The molecule has 0 bridgehead atoms. The van der Waals surface area contributed by atoms with Gasteiger partial charge in [-0.15, -0.1) is 0 Å². The summed E-state index contributed by atoms with van der Waals surface area (Å²) in [7, 11) is 0. The Kier molecular flexibility index (Phi) is 31.4. The van der Waals surface area contributed by atoms with Gasteiger partial charge in [-0.2, -0.15) is 15.0 Å². The normalized spacial score (nSPS) is 17.9. The van der Waals surface area contributed by atoms with E-state index in [2.05, 4.69) is 36.0 Å². The van der Waals surface area contributed by atoms with Gasteiger partial charge in [0.1, 0.15) is 12.3 Å². The first-order valence-electron chi connectivity index (χ1n) is 30.7. The summed E-state index contributed by atoms with van der Waals surface area (Å²) in [5.41, 5.74) is 1.57. The number of rotatable bonds is 37. The molecule has 0 aliphatic carbocycles. The number of hydrogen-bond acceptors (Lipinski definition) is 20. The maximum absolute atomic E-state index is 12.4. The molecule has 0 radical (unpaired) electrons. The molecule has 0 saturated carbocycles. The van der Waals surface area contributed by atoms with Crippen LogP contribution < -0.4 is 31.1 Å². The van der Waals surface area contributed by atoms with E-state index >= 15 is 0 Å². The van der Waals surface area contributed by atoms with Gasteiger partial charge in [0.25, 0.3) is 0 Å². The van der Waals surface area contributed by atoms with Crippen LogP contribution in [0.3, 0.4) is 0 Å². The van der Waals surface area contributed by atoms with Gasteiger partial charge >= 0.3 is 41.8 Å². The Morgan fingerprint density at radius 1 is 0.529 bits per heavy atom. The summed E-state index contributed by atoms with van der Waals surface area (Å²) in [6.45, 7) is 6.41. The van der Waals surface area contributed by atoms with Gasteiger partial charge in [-0.25, -0.2) is 9.59 Å². The number of nitrogens with one attached hydrogen (secondary N) is 4. The Labute approximate surface area is 508 Å². The third-order valence-electron chi connectivity index (χ3n) is 15.8. The highest BCUT2D eigenvalue weighted by atomic mass is 16.4. The Bertz CT molecular complexity index is 2500. The zero-order chi connectivity index (χ0) is 62.9. The van der Waals surface area contributed by atoms with Crippen LogP contribution in [0, 0.1) is 0 Å².